The standard InChI is InChI=1S/C22H17N7O/c30-22(26-18-12-25-29(14-18)13-15-4-2-1-3-5-15)21-19-7-6-16(10-20(19)27-28-21)17-8-9-23-24-11-17/h1-12,14H,13H2,(H,26,30)(H,27,28). The molecule has 0 aliphatic rings. The third-order valence-electron chi connectivity index (χ3n) is 4.77. The monoisotopic (exact) mass is 395 g/mol. The number of nitrogens with one attached hydrogen (secondary N) is 2. The van der Waals surface area contributed by atoms with Crippen molar-refractivity contribution in [2.75, 3.05) is 5.32 Å². The first-order valence-electron chi connectivity index (χ1n) is 9.39. The zero-order chi connectivity index (χ0) is 20.3. The van der Waals surface area contributed by atoms with Gasteiger partial charge in [-0.3, -0.25) is 14.6 Å². The molecular weight excluding hydrogens is 378 g/mol. The summed E-state index contributed by atoms with van der Waals surface area (Å²) in [6.45, 7) is 0.634. The number of aromatic amines is 1. The number of benzene rings is 2. The Morgan fingerprint density at radius 2 is 1.90 bits per heavy atom. The molecule has 0 aliphatic carbocycles. The number of fused-ring (bicyclic) bond motifs is 1. The molecule has 0 saturated heterocycles. The Morgan fingerprint density at radius 1 is 1.00 bits per heavy atom. The molecule has 146 valence electrons. The fourth-order valence-electron chi connectivity index (χ4n) is 3.31. The first-order valence-corrected chi connectivity index (χ1v) is 9.39. The van der Waals surface area contributed by atoms with E-state index in [1.54, 1.807) is 29.5 Å². The SMILES string of the molecule is O=C(Nc1cnn(Cc2ccccc2)c1)c1n[nH]c2cc(-c3ccnnc3)ccc12. The molecule has 0 fully saturated rings. The molecule has 2 N–H and O–H groups in total. The highest BCUT2D eigenvalue weighted by Gasteiger charge is 2.16. The van der Waals surface area contributed by atoms with E-state index in [9.17, 15) is 4.79 Å². The number of nitrogens with zero attached hydrogens (tertiary/aromatic N) is 5. The van der Waals surface area contributed by atoms with Crippen LogP contribution >= 0.6 is 0 Å². The Bertz CT molecular complexity index is 1310. The summed E-state index contributed by atoms with van der Waals surface area (Å²) >= 11 is 0. The number of hydrogen-bond acceptors (Lipinski definition) is 5. The predicted octanol–water partition coefficient (Wildman–Crippen LogP) is 3.52. The molecular formula is C22H17N7O. The fourth-order valence-corrected chi connectivity index (χ4v) is 3.31. The summed E-state index contributed by atoms with van der Waals surface area (Å²) in [6.07, 6.45) is 6.76. The first-order chi connectivity index (χ1) is 14.8. The highest BCUT2D eigenvalue weighted by molar-refractivity contribution is 6.11. The Morgan fingerprint density at radius 3 is 2.73 bits per heavy atom. The Balaban J connectivity index is 1.34. The molecule has 0 aliphatic heterocycles. The normalized spacial score (nSPS) is 10.9. The number of anilines is 1. The van der Waals surface area contributed by atoms with Gasteiger partial charge in [0.2, 0.25) is 0 Å². The van der Waals surface area contributed by atoms with Crippen LogP contribution in [0, 0.1) is 0 Å². The van der Waals surface area contributed by atoms with Crippen LogP contribution in [0.15, 0.2) is 79.4 Å². The number of carbonyl (C=O) groups is 1. The van der Waals surface area contributed by atoms with Crippen molar-refractivity contribution in [2.45, 2.75) is 6.54 Å². The van der Waals surface area contributed by atoms with Crippen molar-refractivity contribution in [2.24, 2.45) is 0 Å². The second kappa shape index (κ2) is 7.59. The zero-order valence-corrected chi connectivity index (χ0v) is 15.9. The van der Waals surface area contributed by atoms with Gasteiger partial charge in [0.1, 0.15) is 0 Å². The molecule has 2 aromatic carbocycles. The van der Waals surface area contributed by atoms with Gasteiger partial charge in [0.25, 0.3) is 5.91 Å². The van der Waals surface area contributed by atoms with Crippen molar-refractivity contribution in [3.05, 3.63) is 90.6 Å². The van der Waals surface area contributed by atoms with Gasteiger partial charge in [-0.15, -0.1) is 0 Å². The van der Waals surface area contributed by atoms with Crippen LogP contribution in [-0.2, 0) is 6.54 Å². The smallest absolute Gasteiger partial charge is 0.276 e. The van der Waals surface area contributed by atoms with Crippen LogP contribution in [0.4, 0.5) is 5.69 Å². The molecule has 3 heterocycles. The Labute approximate surface area is 171 Å². The van der Waals surface area contributed by atoms with E-state index in [4.69, 9.17) is 0 Å². The van der Waals surface area contributed by atoms with Crippen molar-refractivity contribution in [1.82, 2.24) is 30.2 Å². The van der Waals surface area contributed by atoms with Gasteiger partial charge in [-0.2, -0.15) is 20.4 Å². The van der Waals surface area contributed by atoms with Gasteiger partial charge in [-0.25, -0.2) is 0 Å². The average molecular weight is 395 g/mol. The van der Waals surface area contributed by atoms with E-state index in [1.165, 1.54) is 0 Å². The number of rotatable bonds is 5. The lowest BCUT2D eigenvalue weighted by Crippen LogP contribution is -2.12. The maximum atomic E-state index is 12.8. The molecule has 0 radical (unpaired) electrons. The van der Waals surface area contributed by atoms with Crippen LogP contribution in [0.2, 0.25) is 0 Å². The van der Waals surface area contributed by atoms with E-state index in [0.717, 1.165) is 27.6 Å². The molecule has 0 atom stereocenters. The molecule has 8 heteroatoms. The third kappa shape index (κ3) is 3.53. The van der Waals surface area contributed by atoms with Crippen LogP contribution in [0.3, 0.4) is 0 Å². The van der Waals surface area contributed by atoms with Crippen LogP contribution < -0.4 is 5.32 Å². The lowest BCUT2D eigenvalue weighted by Gasteiger charge is -2.02. The molecule has 0 unspecified atom stereocenters. The zero-order valence-electron chi connectivity index (χ0n) is 15.9. The van der Waals surface area contributed by atoms with Gasteiger partial charge >= 0.3 is 0 Å². The third-order valence-corrected chi connectivity index (χ3v) is 4.77. The van der Waals surface area contributed by atoms with Gasteiger partial charge < -0.3 is 5.32 Å². The topological polar surface area (TPSA) is 101 Å². The summed E-state index contributed by atoms with van der Waals surface area (Å²) in [7, 11) is 0. The molecule has 1 amide bonds. The second-order valence-electron chi connectivity index (χ2n) is 6.83. The first kappa shape index (κ1) is 17.7. The number of carbonyl (C=O) groups excluding carboxylic acids is 1. The van der Waals surface area contributed by atoms with Gasteiger partial charge in [0.05, 0.1) is 36.3 Å². The van der Waals surface area contributed by atoms with Crippen molar-refractivity contribution in [3.8, 4) is 11.1 Å². The molecule has 0 spiro atoms. The van der Waals surface area contributed by atoms with Crippen molar-refractivity contribution >= 4 is 22.5 Å². The van der Waals surface area contributed by atoms with E-state index in [0.29, 0.717) is 17.9 Å². The Kier molecular flexibility index (Phi) is 4.49. The lowest BCUT2D eigenvalue weighted by molar-refractivity contribution is 0.102. The molecule has 3 aromatic heterocycles. The van der Waals surface area contributed by atoms with Gasteiger partial charge in [0.15, 0.2) is 5.69 Å². The van der Waals surface area contributed by atoms with Crippen LogP contribution in [0.5, 0.6) is 0 Å². The van der Waals surface area contributed by atoms with E-state index in [1.807, 2.05) is 54.6 Å². The van der Waals surface area contributed by atoms with Gasteiger partial charge in [-0.1, -0.05) is 36.4 Å². The van der Waals surface area contributed by atoms with E-state index >= 15 is 0 Å². The van der Waals surface area contributed by atoms with Crippen molar-refractivity contribution in [1.29, 1.82) is 0 Å². The second-order valence-corrected chi connectivity index (χ2v) is 6.83. The molecule has 0 bridgehead atoms. The van der Waals surface area contributed by atoms with Crippen LogP contribution in [-0.4, -0.2) is 36.1 Å². The minimum absolute atomic E-state index is 0.293. The quantitative estimate of drug-likeness (QED) is 0.474. The van der Waals surface area contributed by atoms with E-state index < -0.39 is 0 Å². The summed E-state index contributed by atoms with van der Waals surface area (Å²) in [4.78, 5) is 12.8. The fraction of sp³-hybridized carbons (Fsp3) is 0.0455. The summed E-state index contributed by atoms with van der Waals surface area (Å²) < 4.78 is 1.78. The van der Waals surface area contributed by atoms with Crippen LogP contribution in [0.25, 0.3) is 22.0 Å². The minimum Gasteiger partial charge on any atom is -0.318 e. The number of H-pyrrole nitrogens is 1. The van der Waals surface area contributed by atoms with Gasteiger partial charge in [0, 0.05) is 17.1 Å². The Hall–Kier alpha value is -4.33. The number of aromatic nitrogens is 6. The van der Waals surface area contributed by atoms with Crippen molar-refractivity contribution in [3.63, 3.8) is 0 Å². The highest BCUT2D eigenvalue weighted by atomic mass is 16.2. The van der Waals surface area contributed by atoms with E-state index in [-0.39, 0.29) is 5.91 Å². The molecule has 0 saturated carbocycles. The molecule has 5 rings (SSSR count). The highest BCUT2D eigenvalue weighted by Crippen LogP contribution is 2.24. The largest absolute Gasteiger partial charge is 0.318 e. The average Bonchev–Trinajstić information content (AvgIpc) is 3.41. The van der Waals surface area contributed by atoms with E-state index in [2.05, 4.69) is 30.8 Å². The molecule has 8 nitrogen and oxygen atoms in total. The van der Waals surface area contributed by atoms with Gasteiger partial charge in [-0.05, 0) is 29.3 Å². The predicted molar refractivity (Wildman–Crippen MR) is 113 cm³/mol. The number of hydrogen-bond donors (Lipinski definition) is 2. The summed E-state index contributed by atoms with van der Waals surface area (Å²) in [5, 5.41) is 22.8. The lowest BCUT2D eigenvalue weighted by atomic mass is 10.1. The minimum atomic E-state index is -0.293. The van der Waals surface area contributed by atoms with Crippen LogP contribution in [0.1, 0.15) is 16.1 Å². The van der Waals surface area contributed by atoms with Crippen molar-refractivity contribution < 1.29 is 4.79 Å². The summed E-state index contributed by atoms with van der Waals surface area (Å²) in [5.41, 5.74) is 4.77. The summed E-state index contributed by atoms with van der Waals surface area (Å²) in [5.74, 6) is -0.293. The molecule has 30 heavy (non-hydrogen) atoms. The maximum absolute atomic E-state index is 12.8. The summed E-state index contributed by atoms with van der Waals surface area (Å²) in [6, 6.07) is 17.6. The maximum Gasteiger partial charge on any atom is 0.276 e. The number of amides is 1. The molecule has 5 aromatic rings.